The van der Waals surface area contributed by atoms with E-state index in [0.717, 1.165) is 22.4 Å². The van der Waals surface area contributed by atoms with Gasteiger partial charge in [0.05, 0.1) is 13.2 Å². The van der Waals surface area contributed by atoms with Gasteiger partial charge in [-0.05, 0) is 60.0 Å². The molecular formula is C22H23FN2O. The fourth-order valence-corrected chi connectivity index (χ4v) is 3.04. The highest BCUT2D eigenvalue weighted by atomic mass is 19.1. The van der Waals surface area contributed by atoms with E-state index in [0.29, 0.717) is 5.69 Å². The average Bonchev–Trinajstić information content (AvgIpc) is 2.66. The smallest absolute Gasteiger partial charge is 0.123 e. The Morgan fingerprint density at radius 2 is 1.58 bits per heavy atom. The molecular weight excluding hydrogens is 327 g/mol. The van der Waals surface area contributed by atoms with Gasteiger partial charge in [0.15, 0.2) is 0 Å². The van der Waals surface area contributed by atoms with Crippen molar-refractivity contribution < 1.29 is 9.13 Å². The molecule has 0 aliphatic carbocycles. The number of nitrogen functional groups attached to an aromatic ring is 1. The first kappa shape index (κ1) is 18.0. The normalized spacial score (nSPS) is 13.2. The Hall–Kier alpha value is -2.85. The number of benzene rings is 3. The van der Waals surface area contributed by atoms with Crippen molar-refractivity contribution >= 4 is 5.69 Å². The second kappa shape index (κ2) is 8.02. The van der Waals surface area contributed by atoms with Crippen molar-refractivity contribution in [3.63, 3.8) is 0 Å². The number of nitrogens with one attached hydrogen (secondary N) is 1. The molecule has 2 unspecified atom stereocenters. The summed E-state index contributed by atoms with van der Waals surface area (Å²) in [6, 6.07) is 22.3. The zero-order chi connectivity index (χ0) is 18.5. The fourth-order valence-electron chi connectivity index (χ4n) is 3.04. The molecule has 0 amide bonds. The summed E-state index contributed by atoms with van der Waals surface area (Å²) >= 11 is 0. The van der Waals surface area contributed by atoms with E-state index in [1.807, 2.05) is 61.5 Å². The van der Waals surface area contributed by atoms with Crippen LogP contribution in [0.15, 0.2) is 72.8 Å². The van der Waals surface area contributed by atoms with Gasteiger partial charge in [-0.25, -0.2) is 4.39 Å². The molecule has 0 aromatic heterocycles. The van der Waals surface area contributed by atoms with E-state index in [9.17, 15) is 4.39 Å². The topological polar surface area (TPSA) is 47.3 Å². The Morgan fingerprint density at radius 3 is 2.23 bits per heavy atom. The van der Waals surface area contributed by atoms with Crippen LogP contribution in [0.4, 0.5) is 10.1 Å². The summed E-state index contributed by atoms with van der Waals surface area (Å²) in [5.74, 6) is 0.569. The Labute approximate surface area is 153 Å². The number of methoxy groups -OCH3 is 1. The lowest BCUT2D eigenvalue weighted by molar-refractivity contribution is 0.414. The molecule has 0 radical (unpaired) electrons. The monoisotopic (exact) mass is 350 g/mol. The first-order valence-corrected chi connectivity index (χ1v) is 8.57. The highest BCUT2D eigenvalue weighted by Crippen LogP contribution is 2.28. The first-order chi connectivity index (χ1) is 12.6. The van der Waals surface area contributed by atoms with Crippen LogP contribution in [0.25, 0.3) is 0 Å². The summed E-state index contributed by atoms with van der Waals surface area (Å²) in [5.41, 5.74) is 9.73. The van der Waals surface area contributed by atoms with Gasteiger partial charge in [-0.15, -0.1) is 0 Å². The van der Waals surface area contributed by atoms with Crippen LogP contribution in [0.3, 0.4) is 0 Å². The third kappa shape index (κ3) is 4.21. The Bertz CT molecular complexity index is 864. The maximum atomic E-state index is 13.6. The Balaban J connectivity index is 1.94. The van der Waals surface area contributed by atoms with Crippen molar-refractivity contribution in [1.82, 2.24) is 5.32 Å². The summed E-state index contributed by atoms with van der Waals surface area (Å²) in [6.07, 6.45) is 0. The fraction of sp³-hybridized carbons (Fsp3) is 0.182. The van der Waals surface area contributed by atoms with Crippen LogP contribution in [-0.2, 0) is 0 Å². The second-order valence-corrected chi connectivity index (χ2v) is 6.32. The van der Waals surface area contributed by atoms with E-state index in [1.54, 1.807) is 19.2 Å². The molecule has 0 aliphatic heterocycles. The third-order valence-electron chi connectivity index (χ3n) is 4.46. The molecule has 3 aromatic carbocycles. The molecule has 26 heavy (non-hydrogen) atoms. The molecule has 3 rings (SSSR count). The predicted octanol–water partition coefficient (Wildman–Crippen LogP) is 4.86. The zero-order valence-corrected chi connectivity index (χ0v) is 14.9. The maximum absolute atomic E-state index is 13.6. The minimum absolute atomic E-state index is 0.0424. The number of anilines is 1. The van der Waals surface area contributed by atoms with Crippen LogP contribution in [0.5, 0.6) is 5.75 Å². The molecule has 0 spiro atoms. The van der Waals surface area contributed by atoms with Crippen molar-refractivity contribution in [3.8, 4) is 5.75 Å². The molecule has 0 bridgehead atoms. The van der Waals surface area contributed by atoms with Crippen molar-refractivity contribution in [2.24, 2.45) is 0 Å². The van der Waals surface area contributed by atoms with Crippen LogP contribution in [0.1, 0.15) is 35.7 Å². The molecule has 3 N–H and O–H groups in total. The van der Waals surface area contributed by atoms with Gasteiger partial charge in [0.2, 0.25) is 0 Å². The van der Waals surface area contributed by atoms with Gasteiger partial charge in [-0.2, -0.15) is 0 Å². The Kier molecular flexibility index (Phi) is 5.54. The minimum atomic E-state index is -0.235. The summed E-state index contributed by atoms with van der Waals surface area (Å²) in [4.78, 5) is 0. The first-order valence-electron chi connectivity index (χ1n) is 8.57. The highest BCUT2D eigenvalue weighted by molar-refractivity contribution is 5.45. The van der Waals surface area contributed by atoms with Gasteiger partial charge in [-0.1, -0.05) is 36.4 Å². The molecule has 3 nitrogen and oxygen atoms in total. The molecule has 0 fully saturated rings. The van der Waals surface area contributed by atoms with Crippen LogP contribution < -0.4 is 15.8 Å². The van der Waals surface area contributed by atoms with Gasteiger partial charge >= 0.3 is 0 Å². The van der Waals surface area contributed by atoms with Gasteiger partial charge in [-0.3, -0.25) is 5.32 Å². The summed E-state index contributed by atoms with van der Waals surface area (Å²) in [6.45, 7) is 2.03. The summed E-state index contributed by atoms with van der Waals surface area (Å²) < 4.78 is 18.8. The van der Waals surface area contributed by atoms with E-state index in [-0.39, 0.29) is 17.9 Å². The molecule has 2 atom stereocenters. The van der Waals surface area contributed by atoms with E-state index >= 15 is 0 Å². The zero-order valence-electron chi connectivity index (χ0n) is 14.9. The number of halogens is 1. The van der Waals surface area contributed by atoms with Crippen LogP contribution >= 0.6 is 0 Å². The number of nitrogens with two attached hydrogens (primary N) is 1. The lowest BCUT2D eigenvalue weighted by Gasteiger charge is -2.25. The number of ether oxygens (including phenoxy) is 1. The van der Waals surface area contributed by atoms with Crippen molar-refractivity contribution in [2.75, 3.05) is 12.8 Å². The maximum Gasteiger partial charge on any atom is 0.123 e. The SMILES string of the molecule is COc1ccc(C(NC(C)c2cccc(F)c2)c2cccc(N)c2)cc1. The van der Waals surface area contributed by atoms with Gasteiger partial charge in [0, 0.05) is 11.7 Å². The lowest BCUT2D eigenvalue weighted by atomic mass is 9.96. The quantitative estimate of drug-likeness (QED) is 0.624. The summed E-state index contributed by atoms with van der Waals surface area (Å²) in [5, 5.41) is 3.59. The van der Waals surface area contributed by atoms with Gasteiger partial charge in [0.1, 0.15) is 11.6 Å². The number of hydrogen-bond acceptors (Lipinski definition) is 3. The van der Waals surface area contributed by atoms with E-state index < -0.39 is 0 Å². The van der Waals surface area contributed by atoms with Crippen molar-refractivity contribution in [3.05, 3.63) is 95.3 Å². The highest BCUT2D eigenvalue weighted by Gasteiger charge is 2.18. The third-order valence-corrected chi connectivity index (χ3v) is 4.46. The van der Waals surface area contributed by atoms with Crippen molar-refractivity contribution in [2.45, 2.75) is 19.0 Å². The average molecular weight is 350 g/mol. The van der Waals surface area contributed by atoms with E-state index in [2.05, 4.69) is 5.32 Å². The van der Waals surface area contributed by atoms with Crippen LogP contribution in [0, 0.1) is 5.82 Å². The molecule has 0 heterocycles. The molecule has 0 aliphatic rings. The molecule has 4 heteroatoms. The van der Waals surface area contributed by atoms with E-state index in [1.165, 1.54) is 6.07 Å². The summed E-state index contributed by atoms with van der Waals surface area (Å²) in [7, 11) is 1.65. The van der Waals surface area contributed by atoms with E-state index in [4.69, 9.17) is 10.5 Å². The van der Waals surface area contributed by atoms with Gasteiger partial charge in [0.25, 0.3) is 0 Å². The largest absolute Gasteiger partial charge is 0.497 e. The van der Waals surface area contributed by atoms with Gasteiger partial charge < -0.3 is 10.5 Å². The van der Waals surface area contributed by atoms with Crippen LogP contribution in [-0.4, -0.2) is 7.11 Å². The number of rotatable bonds is 6. The molecule has 0 saturated heterocycles. The lowest BCUT2D eigenvalue weighted by Crippen LogP contribution is -2.25. The standard InChI is InChI=1S/C22H23FN2O/c1-15(17-5-3-7-19(23)13-17)25-22(18-6-4-8-20(24)14-18)16-9-11-21(26-2)12-10-16/h3-15,22,25H,24H2,1-2H3. The molecule has 134 valence electrons. The molecule has 0 saturated carbocycles. The predicted molar refractivity (Wildman–Crippen MR) is 104 cm³/mol. The molecule has 3 aromatic rings. The van der Waals surface area contributed by atoms with Crippen LogP contribution in [0.2, 0.25) is 0 Å². The number of hydrogen-bond donors (Lipinski definition) is 2. The Morgan fingerprint density at radius 1 is 0.885 bits per heavy atom. The second-order valence-electron chi connectivity index (χ2n) is 6.32. The van der Waals surface area contributed by atoms with Crippen molar-refractivity contribution in [1.29, 1.82) is 0 Å². The minimum Gasteiger partial charge on any atom is -0.497 e.